The van der Waals surface area contributed by atoms with Crippen LogP contribution in [-0.4, -0.2) is 65.1 Å². The van der Waals surface area contributed by atoms with Crippen LogP contribution in [0.5, 0.6) is 0 Å². The summed E-state index contributed by atoms with van der Waals surface area (Å²) in [5.74, 6) is -0.251. The molecule has 3 fully saturated rings. The molecule has 3 amide bonds. The van der Waals surface area contributed by atoms with Crippen molar-refractivity contribution in [3.63, 3.8) is 0 Å². The fourth-order valence-electron chi connectivity index (χ4n) is 4.56. The molecular formula is C21H27N3O3. The van der Waals surface area contributed by atoms with Gasteiger partial charge in [0.15, 0.2) is 0 Å². The van der Waals surface area contributed by atoms with Crippen LogP contribution >= 0.6 is 0 Å². The number of hydrogen-bond donors (Lipinski definition) is 0. The lowest BCUT2D eigenvalue weighted by molar-refractivity contribution is -0.140. The predicted octanol–water partition coefficient (Wildman–Crippen LogP) is 1.42. The first kappa shape index (κ1) is 18.2. The largest absolute Gasteiger partial charge is 0.343 e. The van der Waals surface area contributed by atoms with Crippen LogP contribution in [-0.2, 0) is 20.9 Å². The zero-order valence-corrected chi connectivity index (χ0v) is 15.9. The number of nitrogens with zero attached hydrogens (tertiary/aromatic N) is 3. The Morgan fingerprint density at radius 3 is 2.22 bits per heavy atom. The number of carbonyl (C=O) groups is 3. The first-order valence-corrected chi connectivity index (χ1v) is 9.94. The summed E-state index contributed by atoms with van der Waals surface area (Å²) in [5, 5.41) is 0. The molecule has 0 aromatic heterocycles. The predicted molar refractivity (Wildman–Crippen MR) is 101 cm³/mol. The standard InChI is InChI=1S/C21H27N3O3/c1-15-5-7-16(8-6-15)12-22-13-17-18(14-22)21(27)24(20(17)26)11-3-10-23-9-2-4-19(23)25/h5-8,17-18H,2-4,9-14H2,1H3/t17-,18+. The lowest BCUT2D eigenvalue weighted by Crippen LogP contribution is -2.38. The van der Waals surface area contributed by atoms with Gasteiger partial charge in [-0.3, -0.25) is 24.2 Å². The first-order valence-electron chi connectivity index (χ1n) is 9.94. The number of aryl methyl sites for hydroxylation is 1. The van der Waals surface area contributed by atoms with Crippen molar-refractivity contribution in [2.24, 2.45) is 11.8 Å². The third-order valence-electron chi connectivity index (χ3n) is 6.07. The van der Waals surface area contributed by atoms with Crippen LogP contribution < -0.4 is 0 Å². The second-order valence-corrected chi connectivity index (χ2v) is 8.06. The van der Waals surface area contributed by atoms with Gasteiger partial charge in [0.1, 0.15) is 0 Å². The Morgan fingerprint density at radius 1 is 0.963 bits per heavy atom. The van der Waals surface area contributed by atoms with Crippen LogP contribution in [0.1, 0.15) is 30.4 Å². The van der Waals surface area contributed by atoms with Gasteiger partial charge in [-0.15, -0.1) is 0 Å². The van der Waals surface area contributed by atoms with E-state index in [9.17, 15) is 14.4 Å². The van der Waals surface area contributed by atoms with Crippen molar-refractivity contribution >= 4 is 17.7 Å². The maximum Gasteiger partial charge on any atom is 0.234 e. The number of imide groups is 1. The van der Waals surface area contributed by atoms with E-state index in [0.29, 0.717) is 39.0 Å². The molecule has 0 spiro atoms. The zero-order chi connectivity index (χ0) is 19.0. The fourth-order valence-corrected chi connectivity index (χ4v) is 4.56. The van der Waals surface area contributed by atoms with E-state index in [1.807, 2.05) is 4.90 Å². The third kappa shape index (κ3) is 3.63. The highest BCUT2D eigenvalue weighted by Gasteiger charge is 2.51. The lowest BCUT2D eigenvalue weighted by Gasteiger charge is -2.22. The Balaban J connectivity index is 1.30. The van der Waals surface area contributed by atoms with Gasteiger partial charge in [0.25, 0.3) is 0 Å². The Kier molecular flexibility index (Phi) is 5.00. The number of rotatable bonds is 6. The van der Waals surface area contributed by atoms with E-state index < -0.39 is 0 Å². The third-order valence-corrected chi connectivity index (χ3v) is 6.07. The van der Waals surface area contributed by atoms with E-state index in [4.69, 9.17) is 0 Å². The molecule has 0 N–H and O–H groups in total. The molecule has 1 aromatic carbocycles. The molecule has 144 valence electrons. The van der Waals surface area contributed by atoms with Crippen molar-refractivity contribution in [2.75, 3.05) is 32.7 Å². The summed E-state index contributed by atoms with van der Waals surface area (Å²) in [4.78, 5) is 42.6. The molecule has 3 saturated heterocycles. The number of hydrogen-bond acceptors (Lipinski definition) is 4. The number of carbonyl (C=O) groups excluding carboxylic acids is 3. The van der Waals surface area contributed by atoms with E-state index in [2.05, 4.69) is 36.1 Å². The summed E-state index contributed by atoms with van der Waals surface area (Å²) < 4.78 is 0. The smallest absolute Gasteiger partial charge is 0.234 e. The molecule has 0 aliphatic carbocycles. The van der Waals surface area contributed by atoms with Gasteiger partial charge < -0.3 is 4.90 Å². The van der Waals surface area contributed by atoms with Crippen LogP contribution in [0.3, 0.4) is 0 Å². The number of amides is 3. The molecule has 0 saturated carbocycles. The first-order chi connectivity index (χ1) is 13.0. The SMILES string of the molecule is Cc1ccc(CN2C[C@@H]3C(=O)N(CCCN4CCCC4=O)C(=O)[C@@H]3C2)cc1. The number of likely N-dealkylation sites (tertiary alicyclic amines) is 3. The highest BCUT2D eigenvalue weighted by atomic mass is 16.2. The molecule has 3 aliphatic heterocycles. The second-order valence-electron chi connectivity index (χ2n) is 8.06. The van der Waals surface area contributed by atoms with Gasteiger partial charge in [0, 0.05) is 45.7 Å². The van der Waals surface area contributed by atoms with Crippen LogP contribution in [0, 0.1) is 18.8 Å². The van der Waals surface area contributed by atoms with Gasteiger partial charge in [0.2, 0.25) is 17.7 Å². The van der Waals surface area contributed by atoms with Gasteiger partial charge in [-0.2, -0.15) is 0 Å². The van der Waals surface area contributed by atoms with Crippen LogP contribution in [0.25, 0.3) is 0 Å². The summed E-state index contributed by atoms with van der Waals surface area (Å²) in [6, 6.07) is 8.41. The summed E-state index contributed by atoms with van der Waals surface area (Å²) in [5.41, 5.74) is 2.45. The zero-order valence-electron chi connectivity index (χ0n) is 15.9. The van der Waals surface area contributed by atoms with Crippen LogP contribution in [0.4, 0.5) is 0 Å². The molecule has 3 aliphatic rings. The molecule has 0 bridgehead atoms. The van der Waals surface area contributed by atoms with E-state index in [-0.39, 0.29) is 29.6 Å². The molecule has 27 heavy (non-hydrogen) atoms. The van der Waals surface area contributed by atoms with Crippen molar-refractivity contribution < 1.29 is 14.4 Å². The van der Waals surface area contributed by atoms with Crippen LogP contribution in [0.2, 0.25) is 0 Å². The summed E-state index contributed by atoms with van der Waals surface area (Å²) >= 11 is 0. The molecule has 2 atom stereocenters. The number of fused-ring (bicyclic) bond motifs is 1. The highest BCUT2D eigenvalue weighted by molar-refractivity contribution is 6.05. The Morgan fingerprint density at radius 2 is 1.63 bits per heavy atom. The molecular weight excluding hydrogens is 342 g/mol. The maximum atomic E-state index is 12.7. The summed E-state index contributed by atoms with van der Waals surface area (Å²) in [6.07, 6.45) is 2.22. The van der Waals surface area contributed by atoms with E-state index >= 15 is 0 Å². The average Bonchev–Trinajstić information content (AvgIpc) is 3.31. The maximum absolute atomic E-state index is 12.7. The highest BCUT2D eigenvalue weighted by Crippen LogP contribution is 2.34. The fraction of sp³-hybridized carbons (Fsp3) is 0.571. The van der Waals surface area contributed by atoms with Gasteiger partial charge in [-0.05, 0) is 25.3 Å². The average molecular weight is 369 g/mol. The van der Waals surface area contributed by atoms with Crippen molar-refractivity contribution in [3.8, 4) is 0 Å². The molecule has 6 heteroatoms. The summed E-state index contributed by atoms with van der Waals surface area (Å²) in [6.45, 7) is 6.05. The van der Waals surface area contributed by atoms with Gasteiger partial charge >= 0.3 is 0 Å². The minimum Gasteiger partial charge on any atom is -0.343 e. The molecule has 1 aromatic rings. The quantitative estimate of drug-likeness (QED) is 0.712. The van der Waals surface area contributed by atoms with Crippen molar-refractivity contribution in [2.45, 2.75) is 32.7 Å². The van der Waals surface area contributed by atoms with E-state index in [0.717, 1.165) is 19.5 Å². The summed E-state index contributed by atoms with van der Waals surface area (Å²) in [7, 11) is 0. The van der Waals surface area contributed by atoms with Crippen molar-refractivity contribution in [1.29, 1.82) is 0 Å². The van der Waals surface area contributed by atoms with E-state index in [1.165, 1.54) is 16.0 Å². The van der Waals surface area contributed by atoms with Crippen LogP contribution in [0.15, 0.2) is 24.3 Å². The monoisotopic (exact) mass is 369 g/mol. The van der Waals surface area contributed by atoms with E-state index in [1.54, 1.807) is 0 Å². The number of benzene rings is 1. The lowest BCUT2D eigenvalue weighted by atomic mass is 10.00. The minimum absolute atomic E-state index is 0.0239. The molecule has 0 unspecified atom stereocenters. The topological polar surface area (TPSA) is 60.9 Å². The second kappa shape index (κ2) is 7.43. The van der Waals surface area contributed by atoms with Gasteiger partial charge in [-0.1, -0.05) is 29.8 Å². The minimum atomic E-state index is -0.198. The Bertz CT molecular complexity index is 722. The molecule has 0 radical (unpaired) electrons. The van der Waals surface area contributed by atoms with Gasteiger partial charge in [0.05, 0.1) is 11.8 Å². The Hall–Kier alpha value is -2.21. The van der Waals surface area contributed by atoms with Gasteiger partial charge in [-0.25, -0.2) is 0 Å². The molecule has 3 heterocycles. The Labute approximate surface area is 160 Å². The molecule has 4 rings (SSSR count). The van der Waals surface area contributed by atoms with Crippen molar-refractivity contribution in [1.82, 2.24) is 14.7 Å². The normalized spacial score (nSPS) is 25.7. The van der Waals surface area contributed by atoms with Crippen molar-refractivity contribution in [3.05, 3.63) is 35.4 Å². The molecule has 6 nitrogen and oxygen atoms in total.